The molecule has 9 heteroatoms. The summed E-state index contributed by atoms with van der Waals surface area (Å²) >= 11 is 5.74. The molecule has 1 aliphatic heterocycles. The van der Waals surface area contributed by atoms with Crippen LogP contribution in [0.15, 0.2) is 24.3 Å². The lowest BCUT2D eigenvalue weighted by atomic mass is 9.72. The van der Waals surface area contributed by atoms with Gasteiger partial charge in [0, 0.05) is 18.8 Å². The maximum absolute atomic E-state index is 13.6. The molecular weight excluding hydrogens is 446 g/mol. The number of thioether (sulfide) groups is 1. The third kappa shape index (κ3) is 6.65. The van der Waals surface area contributed by atoms with Crippen molar-refractivity contribution in [1.29, 1.82) is 0 Å². The van der Waals surface area contributed by atoms with Gasteiger partial charge in [0.1, 0.15) is 6.04 Å². The van der Waals surface area contributed by atoms with Crippen molar-refractivity contribution in [3.63, 3.8) is 0 Å². The molecule has 32 heavy (non-hydrogen) atoms. The third-order valence-electron chi connectivity index (χ3n) is 6.22. The zero-order chi connectivity index (χ0) is 23.7. The SMILES string of the molecule is COC(=O)C(CCSC)NC(=O)C1(Cc2ccccc2C)CCN(C(=O)[C@@H](N)CS)CC1. The van der Waals surface area contributed by atoms with Crippen molar-refractivity contribution >= 4 is 42.2 Å². The molecule has 0 radical (unpaired) electrons. The van der Waals surface area contributed by atoms with Gasteiger partial charge in [-0.05, 0) is 55.7 Å². The van der Waals surface area contributed by atoms with Gasteiger partial charge >= 0.3 is 5.97 Å². The molecule has 1 unspecified atom stereocenters. The van der Waals surface area contributed by atoms with Gasteiger partial charge in [0.05, 0.1) is 18.6 Å². The van der Waals surface area contributed by atoms with Gasteiger partial charge in [0.15, 0.2) is 0 Å². The largest absolute Gasteiger partial charge is 0.467 e. The van der Waals surface area contributed by atoms with E-state index in [9.17, 15) is 14.4 Å². The number of hydrogen-bond donors (Lipinski definition) is 3. The summed E-state index contributed by atoms with van der Waals surface area (Å²) in [5, 5.41) is 2.96. The lowest BCUT2D eigenvalue weighted by Gasteiger charge is -2.42. The van der Waals surface area contributed by atoms with E-state index in [1.54, 1.807) is 16.7 Å². The summed E-state index contributed by atoms with van der Waals surface area (Å²) in [5.74, 6) is 0.265. The Morgan fingerprint density at radius 2 is 1.94 bits per heavy atom. The van der Waals surface area contributed by atoms with Crippen LogP contribution in [0.25, 0.3) is 0 Å². The van der Waals surface area contributed by atoms with Crippen molar-refractivity contribution in [2.75, 3.05) is 38.0 Å². The first-order valence-electron chi connectivity index (χ1n) is 10.9. The Morgan fingerprint density at radius 1 is 1.28 bits per heavy atom. The highest BCUT2D eigenvalue weighted by atomic mass is 32.2. The summed E-state index contributed by atoms with van der Waals surface area (Å²) in [7, 11) is 1.33. The summed E-state index contributed by atoms with van der Waals surface area (Å²) in [6, 6.07) is 6.66. The molecule has 0 aromatic heterocycles. The number of nitrogens with zero attached hydrogens (tertiary/aromatic N) is 1. The highest BCUT2D eigenvalue weighted by Crippen LogP contribution is 2.37. The average molecular weight is 482 g/mol. The molecule has 1 aromatic carbocycles. The quantitative estimate of drug-likeness (QED) is 0.348. The fourth-order valence-corrected chi connectivity index (χ4v) is 4.69. The third-order valence-corrected chi connectivity index (χ3v) is 7.26. The van der Waals surface area contributed by atoms with Crippen LogP contribution in [0.1, 0.15) is 30.4 Å². The second-order valence-electron chi connectivity index (χ2n) is 8.33. The molecule has 0 saturated carbocycles. The number of nitrogens with two attached hydrogens (primary N) is 1. The fraction of sp³-hybridized carbons (Fsp3) is 0.609. The summed E-state index contributed by atoms with van der Waals surface area (Å²) in [4.78, 5) is 40.2. The van der Waals surface area contributed by atoms with Crippen LogP contribution < -0.4 is 11.1 Å². The normalized spacial score (nSPS) is 17.3. The van der Waals surface area contributed by atoms with Gasteiger partial charge < -0.3 is 20.7 Å². The number of benzene rings is 1. The van der Waals surface area contributed by atoms with E-state index in [1.165, 1.54) is 7.11 Å². The number of carbonyl (C=O) groups is 3. The number of carbonyl (C=O) groups excluding carboxylic acids is 3. The van der Waals surface area contributed by atoms with Crippen LogP contribution >= 0.6 is 24.4 Å². The molecule has 1 heterocycles. The number of amides is 2. The predicted octanol–water partition coefficient (Wildman–Crippen LogP) is 1.81. The van der Waals surface area contributed by atoms with Crippen molar-refractivity contribution < 1.29 is 19.1 Å². The number of hydrogen-bond acceptors (Lipinski definition) is 7. The van der Waals surface area contributed by atoms with Crippen molar-refractivity contribution in [3.05, 3.63) is 35.4 Å². The van der Waals surface area contributed by atoms with E-state index in [2.05, 4.69) is 17.9 Å². The minimum absolute atomic E-state index is 0.141. The summed E-state index contributed by atoms with van der Waals surface area (Å²) in [6.07, 6.45) is 3.99. The van der Waals surface area contributed by atoms with Gasteiger partial charge in [-0.25, -0.2) is 4.79 Å². The van der Waals surface area contributed by atoms with Crippen molar-refractivity contribution in [3.8, 4) is 0 Å². The van der Waals surface area contributed by atoms with E-state index < -0.39 is 23.5 Å². The first-order chi connectivity index (χ1) is 15.3. The summed E-state index contributed by atoms with van der Waals surface area (Å²) in [5.41, 5.74) is 7.36. The van der Waals surface area contributed by atoms with Crippen LogP contribution in [-0.2, 0) is 25.5 Å². The average Bonchev–Trinajstić information content (AvgIpc) is 2.81. The van der Waals surface area contributed by atoms with Gasteiger partial charge in [0.2, 0.25) is 11.8 Å². The van der Waals surface area contributed by atoms with Crippen molar-refractivity contribution in [2.45, 2.75) is 44.7 Å². The smallest absolute Gasteiger partial charge is 0.328 e. The van der Waals surface area contributed by atoms with Crippen LogP contribution in [0.4, 0.5) is 0 Å². The highest BCUT2D eigenvalue weighted by Gasteiger charge is 2.44. The first kappa shape index (κ1) is 26.5. The molecule has 3 N–H and O–H groups in total. The van der Waals surface area contributed by atoms with E-state index in [4.69, 9.17) is 10.5 Å². The van der Waals surface area contributed by atoms with Crippen molar-refractivity contribution in [2.24, 2.45) is 11.1 Å². The zero-order valence-electron chi connectivity index (χ0n) is 19.1. The summed E-state index contributed by atoms with van der Waals surface area (Å²) in [6.45, 7) is 2.90. The number of ether oxygens (including phenoxy) is 1. The lowest BCUT2D eigenvalue weighted by Crippen LogP contribution is -2.56. The Bertz CT molecular complexity index is 797. The Morgan fingerprint density at radius 3 is 2.50 bits per heavy atom. The van der Waals surface area contributed by atoms with Crippen LogP contribution in [0.2, 0.25) is 0 Å². The number of nitrogens with one attached hydrogen (secondary N) is 1. The minimum atomic E-state index is -0.723. The number of likely N-dealkylation sites (tertiary alicyclic amines) is 1. The lowest BCUT2D eigenvalue weighted by molar-refractivity contribution is -0.148. The molecule has 2 rings (SSSR count). The molecule has 0 spiro atoms. The number of esters is 1. The van der Waals surface area contributed by atoms with Crippen molar-refractivity contribution in [1.82, 2.24) is 10.2 Å². The number of rotatable bonds is 10. The molecule has 1 fully saturated rings. The van der Waals surface area contributed by atoms with E-state index >= 15 is 0 Å². The van der Waals surface area contributed by atoms with Crippen LogP contribution in [0, 0.1) is 12.3 Å². The van der Waals surface area contributed by atoms with Gasteiger partial charge in [-0.3, -0.25) is 9.59 Å². The van der Waals surface area contributed by atoms with E-state index in [1.807, 2.05) is 37.4 Å². The van der Waals surface area contributed by atoms with E-state index in [-0.39, 0.29) is 17.6 Å². The molecule has 2 amide bonds. The van der Waals surface area contributed by atoms with Crippen LogP contribution in [0.3, 0.4) is 0 Å². The molecule has 7 nitrogen and oxygen atoms in total. The minimum Gasteiger partial charge on any atom is -0.467 e. The maximum Gasteiger partial charge on any atom is 0.328 e. The highest BCUT2D eigenvalue weighted by molar-refractivity contribution is 7.98. The summed E-state index contributed by atoms with van der Waals surface area (Å²) < 4.78 is 4.92. The molecule has 1 aromatic rings. The van der Waals surface area contributed by atoms with Gasteiger partial charge in [-0.15, -0.1) is 0 Å². The second-order valence-corrected chi connectivity index (χ2v) is 9.68. The number of methoxy groups -OCH3 is 1. The van der Waals surface area contributed by atoms with Gasteiger partial charge in [-0.2, -0.15) is 24.4 Å². The van der Waals surface area contributed by atoms with E-state index in [0.717, 1.165) is 16.9 Å². The first-order valence-corrected chi connectivity index (χ1v) is 12.9. The molecule has 0 aliphatic carbocycles. The number of piperidine rings is 1. The van der Waals surface area contributed by atoms with Crippen LogP contribution in [-0.4, -0.2) is 72.7 Å². The zero-order valence-corrected chi connectivity index (χ0v) is 20.8. The molecule has 0 bridgehead atoms. The predicted molar refractivity (Wildman–Crippen MR) is 132 cm³/mol. The number of aryl methyl sites for hydroxylation is 1. The molecule has 2 atom stereocenters. The molecule has 1 saturated heterocycles. The number of thiol groups is 1. The topological polar surface area (TPSA) is 102 Å². The molecule has 178 valence electrons. The monoisotopic (exact) mass is 481 g/mol. The fourth-order valence-electron chi connectivity index (χ4n) is 4.06. The molecule has 1 aliphatic rings. The standard InChI is InChI=1S/C23H35N3O4S2/c1-16-6-4-5-7-17(16)14-23(9-11-26(12-10-23)20(27)18(24)15-31)22(29)25-19(8-13-32-3)21(28)30-2/h4-7,18-19,31H,8-15,24H2,1-3H3,(H,25,29)/t18-,19?/m0/s1. The van der Waals surface area contributed by atoms with E-state index in [0.29, 0.717) is 38.8 Å². The van der Waals surface area contributed by atoms with Gasteiger partial charge in [0.25, 0.3) is 0 Å². The van der Waals surface area contributed by atoms with Crippen LogP contribution in [0.5, 0.6) is 0 Å². The van der Waals surface area contributed by atoms with Gasteiger partial charge in [-0.1, -0.05) is 24.3 Å². The Labute approximate surface area is 200 Å². The Kier molecular flexibility index (Phi) is 10.4. The Balaban J connectivity index is 2.26. The maximum atomic E-state index is 13.6. The second kappa shape index (κ2) is 12.5. The Hall–Kier alpha value is -1.71. The molecular formula is C23H35N3O4S2.